The maximum atomic E-state index is 12.8. The Labute approximate surface area is 110 Å². The zero-order valence-corrected chi connectivity index (χ0v) is 10.9. The molecule has 2 unspecified atom stereocenters. The quantitative estimate of drug-likeness (QED) is 0.826. The summed E-state index contributed by atoms with van der Waals surface area (Å²) in [4.78, 5) is 28.4. The van der Waals surface area contributed by atoms with E-state index in [1.54, 1.807) is 6.07 Å². The van der Waals surface area contributed by atoms with Gasteiger partial charge in [-0.1, -0.05) is 6.92 Å². The van der Waals surface area contributed by atoms with E-state index in [1.807, 2.05) is 6.92 Å². The molecule has 0 saturated carbocycles. The van der Waals surface area contributed by atoms with E-state index in [9.17, 15) is 14.0 Å². The second kappa shape index (κ2) is 5.44. The third-order valence-electron chi connectivity index (χ3n) is 3.30. The molecule has 102 valence electrons. The van der Waals surface area contributed by atoms with Gasteiger partial charge in [-0.25, -0.2) is 4.39 Å². The first-order chi connectivity index (χ1) is 9.02. The average molecular weight is 265 g/mol. The standard InChI is InChI=1S/C13H16FN3O2/c1-3-9(10-5-4-8(14)7-15-10)16-11-6-12(18)17(2)13(11)19/h4-5,7,9,11,16H,3,6H2,1-2H3. The topological polar surface area (TPSA) is 62.3 Å². The molecule has 1 N–H and O–H groups in total. The number of imide groups is 1. The third kappa shape index (κ3) is 2.78. The summed E-state index contributed by atoms with van der Waals surface area (Å²) >= 11 is 0. The summed E-state index contributed by atoms with van der Waals surface area (Å²) in [6, 6.07) is 2.23. The highest BCUT2D eigenvalue weighted by Crippen LogP contribution is 2.19. The zero-order valence-electron chi connectivity index (χ0n) is 10.9. The maximum absolute atomic E-state index is 12.8. The number of pyridine rings is 1. The number of carbonyl (C=O) groups excluding carboxylic acids is 2. The minimum Gasteiger partial charge on any atom is -0.297 e. The molecule has 0 bridgehead atoms. The van der Waals surface area contributed by atoms with E-state index in [0.717, 1.165) is 11.1 Å². The highest BCUT2D eigenvalue weighted by Gasteiger charge is 2.37. The van der Waals surface area contributed by atoms with Crippen LogP contribution < -0.4 is 5.32 Å². The number of amides is 2. The lowest BCUT2D eigenvalue weighted by molar-refractivity contribution is -0.137. The number of nitrogens with one attached hydrogen (secondary N) is 1. The van der Waals surface area contributed by atoms with Crippen molar-refractivity contribution < 1.29 is 14.0 Å². The maximum Gasteiger partial charge on any atom is 0.246 e. The predicted octanol–water partition coefficient (Wildman–Crippen LogP) is 1.02. The van der Waals surface area contributed by atoms with Gasteiger partial charge < -0.3 is 0 Å². The van der Waals surface area contributed by atoms with Gasteiger partial charge in [0.1, 0.15) is 5.82 Å². The molecule has 6 heteroatoms. The lowest BCUT2D eigenvalue weighted by Gasteiger charge is -2.20. The number of hydrogen-bond donors (Lipinski definition) is 1. The SMILES string of the molecule is CCC(NC1CC(=O)N(C)C1=O)c1ccc(F)cn1. The van der Waals surface area contributed by atoms with E-state index in [0.29, 0.717) is 12.1 Å². The number of halogens is 1. The van der Waals surface area contributed by atoms with E-state index >= 15 is 0 Å². The van der Waals surface area contributed by atoms with Crippen LogP contribution in [0.2, 0.25) is 0 Å². The zero-order chi connectivity index (χ0) is 14.0. The smallest absolute Gasteiger partial charge is 0.246 e. The van der Waals surface area contributed by atoms with E-state index < -0.39 is 11.9 Å². The lowest BCUT2D eigenvalue weighted by Crippen LogP contribution is -2.39. The second-order valence-corrected chi connectivity index (χ2v) is 4.58. The fourth-order valence-corrected chi connectivity index (χ4v) is 2.13. The van der Waals surface area contributed by atoms with Gasteiger partial charge in [-0.05, 0) is 18.6 Å². The van der Waals surface area contributed by atoms with Gasteiger partial charge in [-0.15, -0.1) is 0 Å². The molecule has 0 radical (unpaired) electrons. The Bertz CT molecular complexity index is 489. The number of nitrogens with zero attached hydrogens (tertiary/aromatic N) is 2. The highest BCUT2D eigenvalue weighted by molar-refractivity contribution is 6.05. The highest BCUT2D eigenvalue weighted by atomic mass is 19.1. The molecular weight excluding hydrogens is 249 g/mol. The molecule has 2 amide bonds. The molecular formula is C13H16FN3O2. The fraction of sp³-hybridized carbons (Fsp3) is 0.462. The monoisotopic (exact) mass is 265 g/mol. The summed E-state index contributed by atoms with van der Waals surface area (Å²) in [5.41, 5.74) is 0.665. The van der Waals surface area contributed by atoms with Crippen molar-refractivity contribution >= 4 is 11.8 Å². The van der Waals surface area contributed by atoms with E-state index in [4.69, 9.17) is 0 Å². The summed E-state index contributed by atoms with van der Waals surface area (Å²) < 4.78 is 12.8. The predicted molar refractivity (Wildman–Crippen MR) is 66.5 cm³/mol. The number of rotatable bonds is 4. The summed E-state index contributed by atoms with van der Waals surface area (Å²) in [7, 11) is 1.48. The molecule has 2 rings (SSSR count). The molecule has 1 saturated heterocycles. The first-order valence-corrected chi connectivity index (χ1v) is 6.20. The van der Waals surface area contributed by atoms with Crippen molar-refractivity contribution in [1.29, 1.82) is 0 Å². The molecule has 1 aliphatic rings. The molecule has 2 atom stereocenters. The van der Waals surface area contributed by atoms with Crippen LogP contribution in [-0.2, 0) is 9.59 Å². The van der Waals surface area contributed by atoms with Crippen molar-refractivity contribution in [2.75, 3.05) is 7.05 Å². The summed E-state index contributed by atoms with van der Waals surface area (Å²) in [6.07, 6.45) is 2.00. The summed E-state index contributed by atoms with van der Waals surface area (Å²) in [5, 5.41) is 3.11. The Morgan fingerprint density at radius 1 is 1.53 bits per heavy atom. The van der Waals surface area contributed by atoms with E-state index in [2.05, 4.69) is 10.3 Å². The molecule has 0 aromatic carbocycles. The molecule has 19 heavy (non-hydrogen) atoms. The van der Waals surface area contributed by atoms with Crippen LogP contribution in [0.5, 0.6) is 0 Å². The molecule has 2 heterocycles. The van der Waals surface area contributed by atoms with Crippen molar-refractivity contribution in [2.24, 2.45) is 0 Å². The van der Waals surface area contributed by atoms with Crippen LogP contribution in [0.3, 0.4) is 0 Å². The summed E-state index contributed by atoms with van der Waals surface area (Å²) in [5.74, 6) is -0.819. The first-order valence-electron chi connectivity index (χ1n) is 6.20. The minimum absolute atomic E-state index is 0.160. The van der Waals surface area contributed by atoms with Gasteiger partial charge in [0.15, 0.2) is 0 Å². The number of likely N-dealkylation sites (N-methyl/N-ethyl adjacent to an activating group) is 1. The largest absolute Gasteiger partial charge is 0.297 e. The minimum atomic E-state index is -0.519. The van der Waals surface area contributed by atoms with Crippen LogP contribution in [-0.4, -0.2) is 34.8 Å². The van der Waals surface area contributed by atoms with Crippen molar-refractivity contribution in [3.05, 3.63) is 29.8 Å². The number of hydrogen-bond acceptors (Lipinski definition) is 4. The number of aromatic nitrogens is 1. The van der Waals surface area contributed by atoms with Gasteiger partial charge >= 0.3 is 0 Å². The lowest BCUT2D eigenvalue weighted by atomic mass is 10.1. The molecule has 1 fully saturated rings. The van der Waals surface area contributed by atoms with E-state index in [-0.39, 0.29) is 24.3 Å². The van der Waals surface area contributed by atoms with Gasteiger partial charge in [0.25, 0.3) is 0 Å². The van der Waals surface area contributed by atoms with E-state index in [1.165, 1.54) is 13.1 Å². The van der Waals surface area contributed by atoms with Crippen molar-refractivity contribution in [1.82, 2.24) is 15.2 Å². The van der Waals surface area contributed by atoms with Gasteiger partial charge in [-0.3, -0.25) is 24.8 Å². The van der Waals surface area contributed by atoms with Crippen LogP contribution >= 0.6 is 0 Å². The van der Waals surface area contributed by atoms with Crippen LogP contribution in [0.1, 0.15) is 31.5 Å². The Hall–Kier alpha value is -1.82. The van der Waals surface area contributed by atoms with Crippen LogP contribution in [0, 0.1) is 5.82 Å². The van der Waals surface area contributed by atoms with Crippen molar-refractivity contribution in [3.8, 4) is 0 Å². The Morgan fingerprint density at radius 2 is 2.26 bits per heavy atom. The molecule has 5 nitrogen and oxygen atoms in total. The van der Waals surface area contributed by atoms with Crippen LogP contribution in [0.15, 0.2) is 18.3 Å². The second-order valence-electron chi connectivity index (χ2n) is 4.58. The molecule has 1 aromatic rings. The van der Waals surface area contributed by atoms with Gasteiger partial charge in [-0.2, -0.15) is 0 Å². The van der Waals surface area contributed by atoms with Crippen LogP contribution in [0.4, 0.5) is 4.39 Å². The van der Waals surface area contributed by atoms with Gasteiger partial charge in [0, 0.05) is 13.1 Å². The first kappa shape index (κ1) is 13.6. The molecule has 1 aliphatic heterocycles. The van der Waals surface area contributed by atoms with Crippen LogP contribution in [0.25, 0.3) is 0 Å². The molecule has 1 aromatic heterocycles. The molecule has 0 aliphatic carbocycles. The van der Waals surface area contributed by atoms with Gasteiger partial charge in [0.05, 0.1) is 24.4 Å². The number of likely N-dealkylation sites (tertiary alicyclic amines) is 1. The van der Waals surface area contributed by atoms with Gasteiger partial charge in [0.2, 0.25) is 11.8 Å². The Morgan fingerprint density at radius 3 is 2.74 bits per heavy atom. The Balaban J connectivity index is 2.10. The summed E-state index contributed by atoms with van der Waals surface area (Å²) in [6.45, 7) is 1.94. The van der Waals surface area contributed by atoms with Crippen molar-refractivity contribution in [2.45, 2.75) is 31.8 Å². The molecule has 0 spiro atoms. The average Bonchev–Trinajstić information content (AvgIpc) is 2.65. The van der Waals surface area contributed by atoms with Crippen molar-refractivity contribution in [3.63, 3.8) is 0 Å². The number of carbonyl (C=O) groups is 2. The normalized spacial score (nSPS) is 21.0. The Kier molecular flexibility index (Phi) is 3.90. The third-order valence-corrected chi connectivity index (χ3v) is 3.30. The fourth-order valence-electron chi connectivity index (χ4n) is 2.13.